The number of hydrogen-bond acceptors (Lipinski definition) is 8. The van der Waals surface area contributed by atoms with Gasteiger partial charge in [-0.3, -0.25) is 5.10 Å². The van der Waals surface area contributed by atoms with E-state index in [1.165, 1.54) is 11.3 Å². The van der Waals surface area contributed by atoms with Crippen molar-refractivity contribution in [1.82, 2.24) is 20.5 Å². The summed E-state index contributed by atoms with van der Waals surface area (Å²) in [6, 6.07) is 7.15. The number of hydrogen-bond donors (Lipinski definition) is 4. The Morgan fingerprint density at radius 3 is 2.60 bits per heavy atom. The largest absolute Gasteiger partial charge is 0.465 e. The minimum Gasteiger partial charge on any atom is -0.465 e. The summed E-state index contributed by atoms with van der Waals surface area (Å²) in [6.07, 6.45) is 3.97. The number of sulfone groups is 1. The van der Waals surface area contributed by atoms with E-state index in [1.807, 2.05) is 25.1 Å². The van der Waals surface area contributed by atoms with Crippen LogP contribution in [-0.2, 0) is 14.6 Å². The van der Waals surface area contributed by atoms with Gasteiger partial charge in [-0.05, 0) is 44.7 Å². The molecule has 1 aliphatic heterocycles. The number of amides is 1. The fourth-order valence-corrected chi connectivity index (χ4v) is 7.38. The Labute approximate surface area is 207 Å². The Hall–Kier alpha value is -2.96. The summed E-state index contributed by atoms with van der Waals surface area (Å²) in [7, 11) is -3.60. The van der Waals surface area contributed by atoms with Gasteiger partial charge in [0.15, 0.2) is 15.7 Å². The molecular weight excluding hydrogens is 490 g/mol. The molecule has 3 heterocycles. The molecule has 1 saturated carbocycles. The van der Waals surface area contributed by atoms with E-state index >= 15 is 0 Å². The Morgan fingerprint density at radius 2 is 1.97 bits per heavy atom. The number of ether oxygens (including phenoxy) is 1. The summed E-state index contributed by atoms with van der Waals surface area (Å²) >= 11 is 1.51. The normalized spacial score (nSPS) is 20.8. The van der Waals surface area contributed by atoms with Crippen LogP contribution >= 0.6 is 11.3 Å². The van der Waals surface area contributed by atoms with Crippen molar-refractivity contribution in [1.29, 1.82) is 0 Å². The first-order chi connectivity index (χ1) is 16.8. The van der Waals surface area contributed by atoms with Gasteiger partial charge in [0.1, 0.15) is 5.25 Å². The molecule has 5 rings (SSSR count). The fraction of sp³-hybridized carbons (Fsp3) is 0.435. The molecule has 1 saturated heterocycles. The maximum Gasteiger partial charge on any atom is 0.404 e. The van der Waals surface area contributed by atoms with Crippen LogP contribution in [0.5, 0.6) is 0 Å². The maximum absolute atomic E-state index is 13.4. The second-order valence-electron chi connectivity index (χ2n) is 9.04. The third-order valence-electron chi connectivity index (χ3n) is 6.51. The highest BCUT2D eigenvalue weighted by Crippen LogP contribution is 2.41. The first-order valence-electron chi connectivity index (χ1n) is 11.5. The molecule has 0 bridgehead atoms. The Bertz CT molecular complexity index is 1320. The van der Waals surface area contributed by atoms with Crippen molar-refractivity contribution < 1.29 is 23.1 Å². The second kappa shape index (κ2) is 9.59. The summed E-state index contributed by atoms with van der Waals surface area (Å²) in [6.45, 7) is 2.28. The van der Waals surface area contributed by atoms with Crippen LogP contribution in [0.3, 0.4) is 0 Å². The summed E-state index contributed by atoms with van der Waals surface area (Å²) in [5.74, 6) is 0.850. The lowest BCUT2D eigenvalue weighted by Gasteiger charge is -2.27. The fourth-order valence-electron chi connectivity index (χ4n) is 4.50. The van der Waals surface area contributed by atoms with Crippen LogP contribution in [-0.4, -0.2) is 59.3 Å². The molecule has 10 nitrogen and oxygen atoms in total. The number of anilines is 2. The van der Waals surface area contributed by atoms with Crippen LogP contribution in [0.25, 0.3) is 10.4 Å². The van der Waals surface area contributed by atoms with Crippen molar-refractivity contribution in [2.45, 2.75) is 54.7 Å². The maximum atomic E-state index is 13.4. The minimum atomic E-state index is -3.60. The van der Waals surface area contributed by atoms with Crippen LogP contribution in [0.4, 0.5) is 16.3 Å². The van der Waals surface area contributed by atoms with Gasteiger partial charge in [-0.2, -0.15) is 5.10 Å². The van der Waals surface area contributed by atoms with Crippen molar-refractivity contribution in [2.24, 2.45) is 0 Å². The average Bonchev–Trinajstić information content (AvgIpc) is 3.42. The van der Waals surface area contributed by atoms with Gasteiger partial charge in [0.2, 0.25) is 0 Å². The van der Waals surface area contributed by atoms with E-state index in [2.05, 4.69) is 25.8 Å². The number of aromatic nitrogens is 3. The molecule has 12 heteroatoms. The molecule has 3 aromatic rings. The molecule has 4 N–H and O–H groups in total. The van der Waals surface area contributed by atoms with Crippen LogP contribution in [0, 0.1) is 6.92 Å². The number of rotatable bonds is 7. The van der Waals surface area contributed by atoms with E-state index in [-0.39, 0.29) is 30.1 Å². The monoisotopic (exact) mass is 517 g/mol. The number of thiazole rings is 1. The number of carboxylic acid groups (broad SMARTS) is 1. The third-order valence-corrected chi connectivity index (χ3v) is 9.80. The van der Waals surface area contributed by atoms with Gasteiger partial charge in [0, 0.05) is 41.2 Å². The molecule has 2 aromatic heterocycles. The minimum absolute atomic E-state index is 0.0250. The van der Waals surface area contributed by atoms with Crippen LogP contribution < -0.4 is 10.6 Å². The van der Waals surface area contributed by atoms with Crippen molar-refractivity contribution >= 4 is 38.8 Å². The Balaban J connectivity index is 1.42. The SMILES string of the molecule is Cc1cc(Nc2ccc(-c3cnc(C4CCC(NC(=O)O)CC4)s3)c(S(=O)(=O)C3COC3)c2)n[nH]1. The number of benzene rings is 1. The molecule has 1 amide bonds. The summed E-state index contributed by atoms with van der Waals surface area (Å²) in [4.78, 5) is 16.6. The van der Waals surface area contributed by atoms with Gasteiger partial charge in [0.25, 0.3) is 0 Å². The van der Waals surface area contributed by atoms with E-state index in [4.69, 9.17) is 9.84 Å². The molecule has 2 aliphatic rings. The van der Waals surface area contributed by atoms with Crippen molar-refractivity contribution in [3.63, 3.8) is 0 Å². The van der Waals surface area contributed by atoms with E-state index in [1.54, 1.807) is 12.3 Å². The predicted molar refractivity (Wildman–Crippen MR) is 132 cm³/mol. The standard InChI is InChI=1S/C23H27N5O5S2/c1-13-8-21(28-27-13)25-16-6-7-18(20(9-16)35(31,32)17-11-33-12-17)19-10-24-22(34-19)14-2-4-15(5-3-14)26-23(29)30/h6-10,14-15,17,26H,2-5,11-12H2,1H3,(H,29,30)(H2,25,27,28). The zero-order valence-corrected chi connectivity index (χ0v) is 20.8. The van der Waals surface area contributed by atoms with Crippen LogP contribution in [0.1, 0.15) is 42.3 Å². The Kier molecular flexibility index (Phi) is 6.51. The summed E-state index contributed by atoms with van der Waals surface area (Å²) in [5, 5.41) is 22.1. The third kappa shape index (κ3) is 5.04. The molecule has 2 fully saturated rings. The van der Waals surface area contributed by atoms with Gasteiger partial charge in [0.05, 0.1) is 28.0 Å². The topological polar surface area (TPSA) is 146 Å². The molecule has 0 unspecified atom stereocenters. The van der Waals surface area contributed by atoms with Crippen molar-refractivity contribution in [3.05, 3.63) is 41.2 Å². The van der Waals surface area contributed by atoms with Gasteiger partial charge in [-0.1, -0.05) is 6.07 Å². The zero-order valence-electron chi connectivity index (χ0n) is 19.2. The first kappa shape index (κ1) is 23.8. The van der Waals surface area contributed by atoms with Gasteiger partial charge in [-0.25, -0.2) is 18.2 Å². The van der Waals surface area contributed by atoms with Crippen LogP contribution in [0.2, 0.25) is 0 Å². The quantitative estimate of drug-likeness (QED) is 0.367. The van der Waals surface area contributed by atoms with Crippen molar-refractivity contribution in [3.8, 4) is 10.4 Å². The predicted octanol–water partition coefficient (Wildman–Crippen LogP) is 4.05. The van der Waals surface area contributed by atoms with Gasteiger partial charge < -0.3 is 20.5 Å². The second-order valence-corrected chi connectivity index (χ2v) is 12.3. The number of nitrogens with one attached hydrogen (secondary N) is 3. The molecule has 186 valence electrons. The highest BCUT2D eigenvalue weighted by atomic mass is 32.2. The van der Waals surface area contributed by atoms with E-state index < -0.39 is 21.2 Å². The van der Waals surface area contributed by atoms with E-state index in [0.717, 1.165) is 41.3 Å². The first-order valence-corrected chi connectivity index (χ1v) is 13.9. The van der Waals surface area contributed by atoms with Gasteiger partial charge >= 0.3 is 6.09 Å². The number of carbonyl (C=O) groups is 1. The highest BCUT2D eigenvalue weighted by molar-refractivity contribution is 7.92. The molecule has 0 spiro atoms. The summed E-state index contributed by atoms with van der Waals surface area (Å²) in [5.41, 5.74) is 2.16. The number of aromatic amines is 1. The Morgan fingerprint density at radius 1 is 1.20 bits per heavy atom. The number of aryl methyl sites for hydroxylation is 1. The molecule has 0 radical (unpaired) electrons. The lowest BCUT2D eigenvalue weighted by molar-refractivity contribution is 0.0416. The highest BCUT2D eigenvalue weighted by Gasteiger charge is 2.36. The average molecular weight is 518 g/mol. The van der Waals surface area contributed by atoms with Crippen LogP contribution in [0.15, 0.2) is 35.4 Å². The lowest BCUT2D eigenvalue weighted by atomic mass is 9.86. The van der Waals surface area contributed by atoms with E-state index in [0.29, 0.717) is 17.1 Å². The van der Waals surface area contributed by atoms with Gasteiger partial charge in [-0.15, -0.1) is 11.3 Å². The molecule has 1 aromatic carbocycles. The van der Waals surface area contributed by atoms with Crippen molar-refractivity contribution in [2.75, 3.05) is 18.5 Å². The lowest BCUT2D eigenvalue weighted by Crippen LogP contribution is -2.40. The molecule has 35 heavy (non-hydrogen) atoms. The summed E-state index contributed by atoms with van der Waals surface area (Å²) < 4.78 is 32.1. The number of nitrogens with zero attached hydrogens (tertiary/aromatic N) is 2. The molecule has 0 atom stereocenters. The van der Waals surface area contributed by atoms with E-state index in [9.17, 15) is 13.2 Å². The molecule has 1 aliphatic carbocycles. The zero-order chi connectivity index (χ0) is 24.6. The smallest absolute Gasteiger partial charge is 0.404 e. The number of H-pyrrole nitrogens is 1. The molecular formula is C23H27N5O5S2.